The van der Waals surface area contributed by atoms with Gasteiger partial charge in [0.1, 0.15) is 0 Å². The molecular weight excluding hydrogens is 242 g/mol. The highest BCUT2D eigenvalue weighted by Gasteiger charge is 1.98. The molecule has 0 saturated carbocycles. The van der Waals surface area contributed by atoms with Gasteiger partial charge in [0.05, 0.1) is 5.51 Å². The molecule has 0 aliphatic rings. The molecule has 0 amide bonds. The monoisotopic (exact) mass is 253 g/mol. The Balaban J connectivity index is 1.89. The summed E-state index contributed by atoms with van der Waals surface area (Å²) in [6, 6.07) is 5.58. The van der Waals surface area contributed by atoms with Gasteiger partial charge in [0.15, 0.2) is 0 Å². The van der Waals surface area contributed by atoms with Crippen molar-refractivity contribution in [2.45, 2.75) is 13.1 Å². The Morgan fingerprint density at radius 3 is 2.88 bits per heavy atom. The van der Waals surface area contributed by atoms with Gasteiger partial charge in [-0.05, 0) is 23.8 Å². The minimum atomic E-state index is 0.676. The van der Waals surface area contributed by atoms with Crippen molar-refractivity contribution < 1.29 is 0 Å². The molecule has 0 radical (unpaired) electrons. The van der Waals surface area contributed by atoms with E-state index < -0.39 is 0 Å². The number of anilines is 1. The van der Waals surface area contributed by atoms with Crippen LogP contribution in [0.25, 0.3) is 0 Å². The fourth-order valence-electron chi connectivity index (χ4n) is 1.44. The van der Waals surface area contributed by atoms with E-state index in [4.69, 9.17) is 17.3 Å². The van der Waals surface area contributed by atoms with Crippen molar-refractivity contribution in [3.63, 3.8) is 0 Å². The van der Waals surface area contributed by atoms with Crippen molar-refractivity contribution in [2.75, 3.05) is 5.73 Å². The highest BCUT2D eigenvalue weighted by Crippen LogP contribution is 2.16. The van der Waals surface area contributed by atoms with E-state index in [0.717, 1.165) is 18.7 Å². The van der Waals surface area contributed by atoms with E-state index in [2.05, 4.69) is 10.3 Å². The highest BCUT2D eigenvalue weighted by molar-refractivity contribution is 7.09. The maximum Gasteiger partial charge on any atom is 0.0794 e. The number of nitrogen functional groups attached to an aromatic ring is 1. The summed E-state index contributed by atoms with van der Waals surface area (Å²) in [7, 11) is 0. The van der Waals surface area contributed by atoms with Crippen LogP contribution in [0.1, 0.15) is 10.4 Å². The van der Waals surface area contributed by atoms with Gasteiger partial charge in [-0.2, -0.15) is 0 Å². The Kier molecular flexibility index (Phi) is 3.77. The topological polar surface area (TPSA) is 50.9 Å². The fraction of sp³-hybridized carbons (Fsp3) is 0.182. The molecule has 0 bridgehead atoms. The Morgan fingerprint density at radius 1 is 1.31 bits per heavy atom. The smallest absolute Gasteiger partial charge is 0.0794 e. The van der Waals surface area contributed by atoms with Gasteiger partial charge in [0.2, 0.25) is 0 Å². The molecule has 84 valence electrons. The fourth-order valence-corrected chi connectivity index (χ4v) is 2.27. The van der Waals surface area contributed by atoms with E-state index in [0.29, 0.717) is 10.7 Å². The zero-order chi connectivity index (χ0) is 11.4. The molecule has 2 rings (SSSR count). The molecule has 5 heteroatoms. The van der Waals surface area contributed by atoms with Crippen molar-refractivity contribution >= 4 is 28.6 Å². The van der Waals surface area contributed by atoms with Crippen LogP contribution < -0.4 is 11.1 Å². The van der Waals surface area contributed by atoms with Crippen molar-refractivity contribution in [3.05, 3.63) is 45.4 Å². The number of halogens is 1. The average Bonchev–Trinajstić information content (AvgIpc) is 2.69. The van der Waals surface area contributed by atoms with Crippen LogP contribution in [0.4, 0.5) is 5.69 Å². The van der Waals surface area contributed by atoms with Crippen LogP contribution in [-0.4, -0.2) is 4.98 Å². The quantitative estimate of drug-likeness (QED) is 0.824. The first-order valence-electron chi connectivity index (χ1n) is 4.87. The number of nitrogens with one attached hydrogen (secondary N) is 1. The van der Waals surface area contributed by atoms with Gasteiger partial charge < -0.3 is 11.1 Å². The minimum Gasteiger partial charge on any atom is -0.399 e. The molecule has 16 heavy (non-hydrogen) atoms. The molecule has 1 heterocycles. The summed E-state index contributed by atoms with van der Waals surface area (Å²) < 4.78 is 0. The van der Waals surface area contributed by atoms with Gasteiger partial charge >= 0.3 is 0 Å². The van der Waals surface area contributed by atoms with Crippen LogP contribution in [0.5, 0.6) is 0 Å². The van der Waals surface area contributed by atoms with Gasteiger partial charge in [-0.1, -0.05) is 11.6 Å². The summed E-state index contributed by atoms with van der Waals surface area (Å²) >= 11 is 7.55. The van der Waals surface area contributed by atoms with Gasteiger partial charge in [0, 0.05) is 34.9 Å². The Hall–Kier alpha value is -1.10. The Bertz CT molecular complexity index is 436. The maximum absolute atomic E-state index is 5.91. The highest BCUT2D eigenvalue weighted by atomic mass is 35.5. The van der Waals surface area contributed by atoms with Crippen LogP contribution >= 0.6 is 22.9 Å². The van der Waals surface area contributed by atoms with E-state index in [1.165, 1.54) is 4.88 Å². The minimum absolute atomic E-state index is 0.676. The van der Waals surface area contributed by atoms with Crippen LogP contribution in [-0.2, 0) is 13.1 Å². The molecule has 3 nitrogen and oxygen atoms in total. The third kappa shape index (κ3) is 3.20. The molecule has 0 fully saturated rings. The standard InChI is InChI=1S/C11H12ClN3S/c12-9-1-8(2-10(13)3-9)4-14-5-11-6-15-7-16-11/h1-3,6-7,14H,4-5,13H2. The third-order valence-electron chi connectivity index (χ3n) is 2.09. The van der Waals surface area contributed by atoms with Gasteiger partial charge in [-0.15, -0.1) is 11.3 Å². The first kappa shape index (κ1) is 11.4. The molecule has 0 aliphatic carbocycles. The normalized spacial score (nSPS) is 10.6. The number of nitrogens with zero attached hydrogens (tertiary/aromatic N) is 1. The van der Waals surface area contributed by atoms with Crippen LogP contribution in [0.2, 0.25) is 5.02 Å². The zero-order valence-corrected chi connectivity index (χ0v) is 10.2. The summed E-state index contributed by atoms with van der Waals surface area (Å²) in [5.74, 6) is 0. The summed E-state index contributed by atoms with van der Waals surface area (Å²) in [6.45, 7) is 1.57. The predicted octanol–water partition coefficient (Wildman–Crippen LogP) is 2.67. The number of thiazole rings is 1. The van der Waals surface area contributed by atoms with Crippen molar-refractivity contribution in [2.24, 2.45) is 0 Å². The number of nitrogens with two attached hydrogens (primary N) is 1. The molecule has 0 unspecified atom stereocenters. The molecule has 0 spiro atoms. The summed E-state index contributed by atoms with van der Waals surface area (Å²) in [6.07, 6.45) is 1.87. The van der Waals surface area contributed by atoms with Crippen LogP contribution in [0.15, 0.2) is 29.9 Å². The van der Waals surface area contributed by atoms with Crippen molar-refractivity contribution in [3.8, 4) is 0 Å². The van der Waals surface area contributed by atoms with Crippen LogP contribution in [0.3, 0.4) is 0 Å². The third-order valence-corrected chi connectivity index (χ3v) is 3.09. The molecule has 1 aromatic heterocycles. The SMILES string of the molecule is Nc1cc(Cl)cc(CNCc2cncs2)c1. The summed E-state index contributed by atoms with van der Waals surface area (Å²) in [5, 5.41) is 3.99. The average molecular weight is 254 g/mol. The van der Waals surface area contributed by atoms with Crippen LogP contribution in [0, 0.1) is 0 Å². The number of aromatic nitrogens is 1. The van der Waals surface area contributed by atoms with E-state index >= 15 is 0 Å². The zero-order valence-electron chi connectivity index (χ0n) is 8.61. The number of rotatable bonds is 4. The molecule has 3 N–H and O–H groups in total. The first-order valence-corrected chi connectivity index (χ1v) is 6.13. The van der Waals surface area contributed by atoms with Gasteiger partial charge in [0.25, 0.3) is 0 Å². The second-order valence-corrected chi connectivity index (χ2v) is 4.87. The lowest BCUT2D eigenvalue weighted by atomic mass is 10.2. The van der Waals surface area contributed by atoms with E-state index in [-0.39, 0.29) is 0 Å². The first-order chi connectivity index (χ1) is 7.74. The maximum atomic E-state index is 5.91. The molecule has 0 atom stereocenters. The summed E-state index contributed by atoms with van der Waals surface area (Å²) in [5.41, 5.74) is 9.32. The van der Waals surface area contributed by atoms with Crippen molar-refractivity contribution in [1.82, 2.24) is 10.3 Å². The van der Waals surface area contributed by atoms with E-state index in [9.17, 15) is 0 Å². The molecule has 1 aromatic carbocycles. The lowest BCUT2D eigenvalue weighted by Crippen LogP contribution is -2.11. The molecule has 2 aromatic rings. The van der Waals surface area contributed by atoms with Crippen molar-refractivity contribution in [1.29, 1.82) is 0 Å². The van der Waals surface area contributed by atoms with Gasteiger partial charge in [-0.25, -0.2) is 0 Å². The number of benzene rings is 1. The predicted molar refractivity (Wildman–Crippen MR) is 68.5 cm³/mol. The Labute approximate surface area is 103 Å². The molecular formula is C11H12ClN3S. The Morgan fingerprint density at radius 2 is 2.19 bits per heavy atom. The van der Waals surface area contributed by atoms with Gasteiger partial charge in [-0.3, -0.25) is 4.98 Å². The van der Waals surface area contributed by atoms with E-state index in [1.807, 2.05) is 23.8 Å². The lowest BCUT2D eigenvalue weighted by molar-refractivity contribution is 0.700. The van der Waals surface area contributed by atoms with E-state index in [1.54, 1.807) is 17.4 Å². The molecule has 0 aliphatic heterocycles. The number of hydrogen-bond donors (Lipinski definition) is 2. The second-order valence-electron chi connectivity index (χ2n) is 3.46. The lowest BCUT2D eigenvalue weighted by Gasteiger charge is -2.05. The largest absolute Gasteiger partial charge is 0.399 e. The summed E-state index contributed by atoms with van der Waals surface area (Å²) in [4.78, 5) is 5.23. The number of hydrogen-bond acceptors (Lipinski definition) is 4. The second kappa shape index (κ2) is 5.30. The molecule has 0 saturated heterocycles.